The lowest BCUT2D eigenvalue weighted by atomic mass is 10.4. The van der Waals surface area contributed by atoms with E-state index in [1.165, 1.54) is 36.7 Å². The molecule has 4 heteroatoms. The van der Waals surface area contributed by atoms with E-state index in [9.17, 15) is 0 Å². The van der Waals surface area contributed by atoms with Gasteiger partial charge in [0, 0.05) is 0 Å². The number of hydrogen-bond donors (Lipinski definition) is 1. The zero-order valence-corrected chi connectivity index (χ0v) is 6.45. The van der Waals surface area contributed by atoms with Crippen molar-refractivity contribution < 1.29 is 0 Å². The van der Waals surface area contributed by atoms with Crippen LogP contribution in [0.15, 0.2) is 0 Å². The smallest absolute Gasteiger partial charge is 0.190 e. The Balaban J connectivity index is 0.000000162. The quantitative estimate of drug-likeness (QED) is 0.419. The van der Waals surface area contributed by atoms with Gasteiger partial charge in [0.05, 0.1) is 0 Å². The summed E-state index contributed by atoms with van der Waals surface area (Å²) in [7, 11) is 0. The van der Waals surface area contributed by atoms with Gasteiger partial charge in [-0.2, -0.15) is 22.3 Å². The van der Waals surface area contributed by atoms with E-state index in [4.69, 9.17) is 10.5 Å². The lowest BCUT2D eigenvalue weighted by Crippen LogP contribution is -1.88. The van der Waals surface area contributed by atoms with Crippen molar-refractivity contribution in [2.45, 2.75) is 12.8 Å². The van der Waals surface area contributed by atoms with Gasteiger partial charge in [0.2, 0.25) is 0 Å². The van der Waals surface area contributed by atoms with Crippen molar-refractivity contribution >= 4 is 11.8 Å². The van der Waals surface area contributed by atoms with E-state index in [0.29, 0.717) is 0 Å². The van der Waals surface area contributed by atoms with Gasteiger partial charge in [-0.1, -0.05) is 0 Å². The van der Waals surface area contributed by atoms with Crippen LogP contribution in [0.1, 0.15) is 12.8 Å². The van der Waals surface area contributed by atoms with Crippen molar-refractivity contribution in [2.24, 2.45) is 0 Å². The molecule has 1 N–H and O–H groups in total. The molecule has 0 aromatic heterocycles. The molecular formula is C6H9N3S. The Morgan fingerprint density at radius 3 is 1.70 bits per heavy atom. The Labute approximate surface area is 65.0 Å². The van der Waals surface area contributed by atoms with Crippen molar-refractivity contribution in [1.29, 1.82) is 10.5 Å². The Morgan fingerprint density at radius 2 is 1.60 bits per heavy atom. The molecular weight excluding hydrogens is 146 g/mol. The average Bonchev–Trinajstić information content (AvgIpc) is 2.44. The third-order valence-electron chi connectivity index (χ3n) is 0.939. The molecule has 0 saturated carbocycles. The average molecular weight is 155 g/mol. The topological polar surface area (TPSA) is 59.6 Å². The fourth-order valence-corrected chi connectivity index (χ4v) is 1.56. The van der Waals surface area contributed by atoms with Gasteiger partial charge < -0.3 is 0 Å². The lowest BCUT2D eigenvalue weighted by molar-refractivity contribution is 0.949. The molecule has 1 rings (SSSR count). The largest absolute Gasteiger partial charge is 0.229 e. The molecule has 10 heavy (non-hydrogen) atoms. The standard InChI is InChI=1S/C4H8S.C2HN3/c1-2-4-5-3-1;3-1-5-2-4/h1-4H2;5H. The number of hydrogen-bond acceptors (Lipinski definition) is 4. The van der Waals surface area contributed by atoms with Gasteiger partial charge in [0.25, 0.3) is 0 Å². The van der Waals surface area contributed by atoms with Gasteiger partial charge in [-0.15, -0.1) is 0 Å². The van der Waals surface area contributed by atoms with Crippen molar-refractivity contribution in [2.75, 3.05) is 11.5 Å². The van der Waals surface area contributed by atoms with Crippen LogP contribution in [0.3, 0.4) is 0 Å². The molecule has 0 spiro atoms. The number of nitriles is 2. The van der Waals surface area contributed by atoms with E-state index in [1.54, 1.807) is 5.32 Å². The molecule has 0 aromatic rings. The molecule has 0 radical (unpaired) electrons. The third-order valence-corrected chi connectivity index (χ3v) is 2.09. The molecule has 0 bridgehead atoms. The van der Waals surface area contributed by atoms with E-state index in [2.05, 4.69) is 11.8 Å². The molecule has 1 aliphatic rings. The highest BCUT2D eigenvalue weighted by Crippen LogP contribution is 2.14. The fourth-order valence-electron chi connectivity index (χ4n) is 0.535. The van der Waals surface area contributed by atoms with E-state index < -0.39 is 0 Å². The maximum atomic E-state index is 7.48. The molecule has 1 heterocycles. The van der Waals surface area contributed by atoms with Crippen LogP contribution < -0.4 is 5.32 Å². The molecule has 0 amide bonds. The Kier molecular flexibility index (Phi) is 7.42. The fraction of sp³-hybridized carbons (Fsp3) is 0.667. The van der Waals surface area contributed by atoms with Gasteiger partial charge in [-0.25, -0.2) is 5.32 Å². The first kappa shape index (κ1) is 9.13. The molecule has 54 valence electrons. The van der Waals surface area contributed by atoms with Crippen LogP contribution in [0.5, 0.6) is 0 Å². The third kappa shape index (κ3) is 7.13. The van der Waals surface area contributed by atoms with Gasteiger partial charge in [-0.05, 0) is 24.3 Å². The van der Waals surface area contributed by atoms with Gasteiger partial charge in [-0.3, -0.25) is 0 Å². The molecule has 1 saturated heterocycles. The van der Waals surface area contributed by atoms with Gasteiger partial charge in [0.15, 0.2) is 12.4 Å². The van der Waals surface area contributed by atoms with Crippen molar-refractivity contribution in [3.8, 4) is 12.4 Å². The minimum atomic E-state index is 1.41. The minimum absolute atomic E-state index is 1.41. The molecule has 0 aliphatic carbocycles. The Morgan fingerprint density at radius 1 is 1.10 bits per heavy atom. The maximum Gasteiger partial charge on any atom is 0.190 e. The summed E-state index contributed by atoms with van der Waals surface area (Å²) in [6, 6.07) is 0. The van der Waals surface area contributed by atoms with E-state index in [0.717, 1.165) is 0 Å². The summed E-state index contributed by atoms with van der Waals surface area (Å²) in [5, 5.41) is 16.7. The van der Waals surface area contributed by atoms with Crippen LogP contribution in [0.25, 0.3) is 0 Å². The summed E-state index contributed by atoms with van der Waals surface area (Å²) in [4.78, 5) is 0. The normalized spacial score (nSPS) is 13.8. The molecule has 3 nitrogen and oxygen atoms in total. The molecule has 1 fully saturated rings. The molecule has 0 unspecified atom stereocenters. The second-order valence-corrected chi connectivity index (χ2v) is 2.89. The van der Waals surface area contributed by atoms with Crippen LogP contribution in [0.2, 0.25) is 0 Å². The second-order valence-electron chi connectivity index (χ2n) is 1.67. The van der Waals surface area contributed by atoms with Crippen LogP contribution in [-0.4, -0.2) is 11.5 Å². The monoisotopic (exact) mass is 155 g/mol. The van der Waals surface area contributed by atoms with Crippen LogP contribution in [-0.2, 0) is 0 Å². The predicted octanol–water partition coefficient (Wildman–Crippen LogP) is 1.05. The number of nitrogens with one attached hydrogen (secondary N) is 1. The predicted molar refractivity (Wildman–Crippen MR) is 40.9 cm³/mol. The minimum Gasteiger partial charge on any atom is -0.229 e. The summed E-state index contributed by atoms with van der Waals surface area (Å²) >= 11 is 2.07. The number of rotatable bonds is 0. The van der Waals surface area contributed by atoms with Crippen LogP contribution >= 0.6 is 11.8 Å². The molecule has 0 aromatic carbocycles. The van der Waals surface area contributed by atoms with E-state index in [-0.39, 0.29) is 0 Å². The first-order valence-electron chi connectivity index (χ1n) is 3.02. The summed E-state index contributed by atoms with van der Waals surface area (Å²) in [5.74, 6) is 2.83. The van der Waals surface area contributed by atoms with Crippen molar-refractivity contribution in [3.05, 3.63) is 0 Å². The molecule has 1 aliphatic heterocycles. The summed E-state index contributed by atoms with van der Waals surface area (Å²) in [5.41, 5.74) is 0. The summed E-state index contributed by atoms with van der Waals surface area (Å²) in [6.45, 7) is 0. The van der Waals surface area contributed by atoms with Crippen LogP contribution in [0.4, 0.5) is 0 Å². The highest BCUT2D eigenvalue weighted by Gasteiger charge is 1.95. The highest BCUT2D eigenvalue weighted by molar-refractivity contribution is 7.99. The summed E-state index contributed by atoms with van der Waals surface area (Å²) in [6.07, 6.45) is 5.74. The Hall–Kier alpha value is -0.870. The first-order chi connectivity index (χ1) is 4.91. The SMILES string of the molecule is C1CCSC1.N#CNC#N. The molecule has 0 atom stereocenters. The maximum absolute atomic E-state index is 7.48. The lowest BCUT2D eigenvalue weighted by Gasteiger charge is -1.69. The zero-order valence-electron chi connectivity index (χ0n) is 5.63. The first-order valence-corrected chi connectivity index (χ1v) is 4.18. The summed E-state index contributed by atoms with van der Waals surface area (Å²) < 4.78 is 0. The van der Waals surface area contributed by atoms with Gasteiger partial charge >= 0.3 is 0 Å². The number of nitrogens with zero attached hydrogens (tertiary/aromatic N) is 2. The second kappa shape index (κ2) is 8.13. The van der Waals surface area contributed by atoms with Crippen molar-refractivity contribution in [3.63, 3.8) is 0 Å². The van der Waals surface area contributed by atoms with E-state index >= 15 is 0 Å². The number of thioether (sulfide) groups is 1. The van der Waals surface area contributed by atoms with Crippen molar-refractivity contribution in [1.82, 2.24) is 5.32 Å². The van der Waals surface area contributed by atoms with Crippen LogP contribution in [0, 0.1) is 22.9 Å². The highest BCUT2D eigenvalue weighted by atomic mass is 32.2. The van der Waals surface area contributed by atoms with Gasteiger partial charge in [0.1, 0.15) is 0 Å². The zero-order chi connectivity index (χ0) is 7.66. The Bertz CT molecular complexity index is 120. The van der Waals surface area contributed by atoms with E-state index in [1.807, 2.05) is 0 Å².